The number of sulfonamides is 1. The standard InChI is InChI=1S/C42H53Cl2N3O8S/c1-27-18-38(43)40(39(44)19-27)54-17-16-53-33-11-7-30(8-12-33)35-13-14-45-24-37(35)42(49)47(32-9-10-32)25-29-20-28(6-5-15-52-3)21-34(22-29)55-26-31-23-36(31)41(48)46(2)56(4,50)51/h7-8,11-12,18-22,31-32,35-37,45H,5-6,9-10,13-17,23-26H2,1-4H3/t31-,35+,36+,37-/m0/s1. The molecule has 2 amide bonds. The van der Waals surface area contributed by atoms with Crippen LogP contribution in [0.5, 0.6) is 17.2 Å². The Hall–Kier alpha value is -3.55. The molecule has 2 saturated carbocycles. The van der Waals surface area contributed by atoms with Crippen LogP contribution in [-0.2, 0) is 37.3 Å². The predicted molar refractivity (Wildman–Crippen MR) is 217 cm³/mol. The summed E-state index contributed by atoms with van der Waals surface area (Å²) in [7, 11) is -0.617. The van der Waals surface area contributed by atoms with Gasteiger partial charge in [0.1, 0.15) is 24.7 Å². The van der Waals surface area contributed by atoms with Crippen molar-refractivity contribution in [1.29, 1.82) is 0 Å². The molecule has 0 radical (unpaired) electrons. The Bertz CT molecular complexity index is 1940. The minimum Gasteiger partial charge on any atom is -0.493 e. The first-order chi connectivity index (χ1) is 26.8. The predicted octanol–water partition coefficient (Wildman–Crippen LogP) is 6.66. The van der Waals surface area contributed by atoms with Crippen LogP contribution in [-0.4, -0.2) is 95.4 Å². The molecule has 3 fully saturated rings. The van der Waals surface area contributed by atoms with Crippen LogP contribution in [0.25, 0.3) is 0 Å². The van der Waals surface area contributed by atoms with Crippen LogP contribution in [0.3, 0.4) is 0 Å². The Morgan fingerprint density at radius 3 is 2.23 bits per heavy atom. The van der Waals surface area contributed by atoms with E-state index in [1.165, 1.54) is 7.05 Å². The summed E-state index contributed by atoms with van der Waals surface area (Å²) in [6.45, 7) is 5.36. The van der Waals surface area contributed by atoms with E-state index in [1.54, 1.807) is 7.11 Å². The number of benzene rings is 3. The Balaban J connectivity index is 1.09. The number of hydrogen-bond acceptors (Lipinski definition) is 9. The highest BCUT2D eigenvalue weighted by atomic mass is 35.5. The van der Waals surface area contributed by atoms with Crippen molar-refractivity contribution in [1.82, 2.24) is 14.5 Å². The van der Waals surface area contributed by atoms with Crippen LogP contribution < -0.4 is 19.5 Å². The lowest BCUT2D eigenvalue weighted by Gasteiger charge is -2.36. The fourth-order valence-corrected chi connectivity index (χ4v) is 8.61. The Morgan fingerprint density at radius 2 is 1.55 bits per heavy atom. The molecule has 304 valence electrons. The van der Waals surface area contributed by atoms with Crippen molar-refractivity contribution in [3.63, 3.8) is 0 Å². The smallest absolute Gasteiger partial charge is 0.239 e. The number of hydrogen-bond donors (Lipinski definition) is 1. The maximum atomic E-state index is 14.5. The average molecular weight is 831 g/mol. The molecule has 3 aromatic carbocycles. The number of nitrogens with one attached hydrogen (secondary N) is 1. The van der Waals surface area contributed by atoms with Crippen molar-refractivity contribution in [3.8, 4) is 17.2 Å². The molecule has 2 aliphatic carbocycles. The van der Waals surface area contributed by atoms with Crippen LogP contribution in [0.15, 0.2) is 54.6 Å². The van der Waals surface area contributed by atoms with Crippen molar-refractivity contribution >= 4 is 45.0 Å². The van der Waals surface area contributed by atoms with Crippen LogP contribution in [0.2, 0.25) is 10.0 Å². The zero-order chi connectivity index (χ0) is 40.0. The first-order valence-electron chi connectivity index (χ1n) is 19.4. The van der Waals surface area contributed by atoms with Crippen LogP contribution in [0, 0.1) is 24.7 Å². The normalized spacial score (nSPS) is 20.6. The molecule has 14 heteroatoms. The van der Waals surface area contributed by atoms with Gasteiger partial charge in [-0.2, -0.15) is 0 Å². The second-order valence-electron chi connectivity index (χ2n) is 15.3. The molecule has 1 N–H and O–H groups in total. The highest BCUT2D eigenvalue weighted by Gasteiger charge is 2.46. The highest BCUT2D eigenvalue weighted by Crippen LogP contribution is 2.41. The zero-order valence-electron chi connectivity index (χ0n) is 32.6. The van der Waals surface area contributed by atoms with Gasteiger partial charge >= 0.3 is 0 Å². The number of carbonyl (C=O) groups excluding carboxylic acids is 2. The second-order valence-corrected chi connectivity index (χ2v) is 18.1. The summed E-state index contributed by atoms with van der Waals surface area (Å²) in [4.78, 5) is 29.3. The minimum absolute atomic E-state index is 0.0504. The minimum atomic E-state index is -3.60. The quantitative estimate of drug-likeness (QED) is 0.132. The summed E-state index contributed by atoms with van der Waals surface area (Å²) in [5.41, 5.74) is 4.15. The van der Waals surface area contributed by atoms with Crippen molar-refractivity contribution in [2.24, 2.45) is 17.8 Å². The molecular weight excluding hydrogens is 777 g/mol. The van der Waals surface area contributed by atoms with E-state index in [1.807, 2.05) is 43.3 Å². The number of halogens is 2. The van der Waals surface area contributed by atoms with Crippen molar-refractivity contribution < 1.29 is 37.0 Å². The van der Waals surface area contributed by atoms with Gasteiger partial charge in [0.2, 0.25) is 21.8 Å². The molecular formula is C42H53Cl2N3O8S. The van der Waals surface area contributed by atoms with E-state index in [4.69, 9.17) is 42.1 Å². The first kappa shape index (κ1) is 42.1. The Labute approximate surface area is 341 Å². The number of ether oxygens (including phenoxy) is 4. The first-order valence-corrected chi connectivity index (χ1v) is 22.0. The molecule has 1 aliphatic heterocycles. The maximum absolute atomic E-state index is 14.5. The number of nitrogens with zero attached hydrogens (tertiary/aromatic N) is 2. The molecule has 0 unspecified atom stereocenters. The molecule has 1 saturated heterocycles. The molecule has 56 heavy (non-hydrogen) atoms. The molecule has 3 aliphatic rings. The van der Waals surface area contributed by atoms with Gasteiger partial charge in [0, 0.05) is 51.7 Å². The third-order valence-electron chi connectivity index (χ3n) is 10.8. The van der Waals surface area contributed by atoms with E-state index < -0.39 is 15.9 Å². The van der Waals surface area contributed by atoms with Gasteiger partial charge in [-0.1, -0.05) is 41.4 Å². The number of piperidine rings is 1. The molecule has 0 aromatic heterocycles. The number of amides is 2. The molecule has 1 heterocycles. The molecule has 3 aromatic rings. The van der Waals surface area contributed by atoms with Gasteiger partial charge in [0.05, 0.1) is 28.8 Å². The van der Waals surface area contributed by atoms with Crippen LogP contribution in [0.4, 0.5) is 0 Å². The summed E-state index contributed by atoms with van der Waals surface area (Å²) < 4.78 is 47.9. The molecule has 4 atom stereocenters. The van der Waals surface area contributed by atoms with Gasteiger partial charge in [0.25, 0.3) is 0 Å². The van der Waals surface area contributed by atoms with Crippen molar-refractivity contribution in [2.45, 2.75) is 64.0 Å². The summed E-state index contributed by atoms with van der Waals surface area (Å²) in [6, 6.07) is 18.0. The van der Waals surface area contributed by atoms with E-state index in [2.05, 4.69) is 28.4 Å². The van der Waals surface area contributed by atoms with E-state index >= 15 is 0 Å². The lowest BCUT2D eigenvalue weighted by Crippen LogP contribution is -2.47. The van der Waals surface area contributed by atoms with Gasteiger partial charge in [-0.05, 0) is 117 Å². The maximum Gasteiger partial charge on any atom is 0.239 e. The number of aryl methyl sites for hydroxylation is 2. The Kier molecular flexibility index (Phi) is 14.1. The molecule has 0 spiro atoms. The summed E-state index contributed by atoms with van der Waals surface area (Å²) in [6.07, 6.45) is 6.05. The fourth-order valence-electron chi connectivity index (χ4n) is 7.44. The molecule has 0 bridgehead atoms. The van der Waals surface area contributed by atoms with Gasteiger partial charge in [-0.25, -0.2) is 12.7 Å². The van der Waals surface area contributed by atoms with Gasteiger partial charge in [-0.3, -0.25) is 9.59 Å². The van der Waals surface area contributed by atoms with Gasteiger partial charge in [0.15, 0.2) is 5.75 Å². The van der Waals surface area contributed by atoms with Crippen molar-refractivity contribution in [3.05, 3.63) is 86.9 Å². The summed E-state index contributed by atoms with van der Waals surface area (Å²) >= 11 is 12.6. The number of methoxy groups -OCH3 is 1. The lowest BCUT2D eigenvalue weighted by molar-refractivity contribution is -0.138. The molecule has 11 nitrogen and oxygen atoms in total. The van der Waals surface area contributed by atoms with E-state index in [9.17, 15) is 18.0 Å². The zero-order valence-corrected chi connectivity index (χ0v) is 34.9. The topological polar surface area (TPSA) is 124 Å². The second kappa shape index (κ2) is 18.8. The number of rotatable bonds is 19. The van der Waals surface area contributed by atoms with E-state index in [0.717, 1.165) is 71.5 Å². The van der Waals surface area contributed by atoms with Crippen LogP contribution >= 0.6 is 23.2 Å². The van der Waals surface area contributed by atoms with Crippen LogP contribution in [0.1, 0.15) is 60.3 Å². The Morgan fingerprint density at radius 1 is 0.857 bits per heavy atom. The SMILES string of the molecule is COCCCc1cc(CN(C(=O)[C@H]2CNCC[C@@H]2c2ccc(OCCOc3c(Cl)cc(C)cc3Cl)cc2)C2CC2)cc(OC[C@@H]2C[C@H]2C(=O)N(C)S(C)(=O)=O)c1. The van der Waals surface area contributed by atoms with E-state index in [-0.39, 0.29) is 42.2 Å². The van der Waals surface area contributed by atoms with Gasteiger partial charge < -0.3 is 29.2 Å². The average Bonchev–Trinajstić information content (AvgIpc) is 4.11. The summed E-state index contributed by atoms with van der Waals surface area (Å²) in [5, 5.41) is 4.40. The largest absolute Gasteiger partial charge is 0.493 e. The fraction of sp³-hybridized carbons (Fsp3) is 0.524. The third kappa shape index (κ3) is 11.1. The van der Waals surface area contributed by atoms with E-state index in [0.29, 0.717) is 66.6 Å². The van der Waals surface area contributed by atoms with Crippen molar-refractivity contribution in [2.75, 3.05) is 59.9 Å². The number of carbonyl (C=O) groups is 2. The molecule has 6 rings (SSSR count). The van der Waals surface area contributed by atoms with Gasteiger partial charge in [-0.15, -0.1) is 0 Å². The third-order valence-corrected chi connectivity index (χ3v) is 12.6. The lowest BCUT2D eigenvalue weighted by atomic mass is 9.80. The monoisotopic (exact) mass is 829 g/mol. The summed E-state index contributed by atoms with van der Waals surface area (Å²) in [5.74, 6) is 1.01. The highest BCUT2D eigenvalue weighted by molar-refractivity contribution is 7.88.